The van der Waals surface area contributed by atoms with Crippen LogP contribution in [0.25, 0.3) is 0 Å². The number of hydrogen-bond donors (Lipinski definition) is 2. The zero-order valence-electron chi connectivity index (χ0n) is 16.3. The fourth-order valence-electron chi connectivity index (χ4n) is 3.66. The molecule has 0 aliphatic rings. The molecule has 1 atom stereocenters. The van der Waals surface area contributed by atoms with Gasteiger partial charge in [0.15, 0.2) is 0 Å². The Morgan fingerprint density at radius 1 is 0.733 bits per heavy atom. The van der Waals surface area contributed by atoms with Crippen molar-refractivity contribution in [1.82, 2.24) is 10.3 Å². The quantitative estimate of drug-likeness (QED) is 0.507. The Hall–Kier alpha value is -3.76. The van der Waals surface area contributed by atoms with Crippen LogP contribution in [0.15, 0.2) is 115 Å². The van der Waals surface area contributed by atoms with E-state index in [0.717, 1.165) is 5.56 Å². The molecule has 4 rings (SSSR count). The second kappa shape index (κ2) is 8.72. The van der Waals surface area contributed by atoms with E-state index in [-0.39, 0.29) is 5.91 Å². The largest absolute Gasteiger partial charge is 0.378 e. The third kappa shape index (κ3) is 3.86. The van der Waals surface area contributed by atoms with Gasteiger partial charge in [-0.25, -0.2) is 0 Å². The Morgan fingerprint density at radius 3 is 1.73 bits per heavy atom. The van der Waals surface area contributed by atoms with Crippen LogP contribution in [-0.4, -0.2) is 16.0 Å². The molecule has 4 heteroatoms. The summed E-state index contributed by atoms with van der Waals surface area (Å²) in [6, 6.07) is 32.8. The van der Waals surface area contributed by atoms with Gasteiger partial charge in [-0.3, -0.25) is 9.78 Å². The number of nitrogens with zero attached hydrogens (tertiary/aromatic N) is 1. The van der Waals surface area contributed by atoms with Gasteiger partial charge in [-0.05, 0) is 28.8 Å². The predicted octanol–water partition coefficient (Wildman–Crippen LogP) is 4.49. The molecule has 4 aromatic rings. The summed E-state index contributed by atoms with van der Waals surface area (Å²) >= 11 is 0. The molecule has 4 nitrogen and oxygen atoms in total. The highest BCUT2D eigenvalue weighted by Crippen LogP contribution is 2.41. The number of nitrogens with one attached hydrogen (secondary N) is 1. The zero-order valence-corrected chi connectivity index (χ0v) is 16.3. The van der Waals surface area contributed by atoms with Crippen LogP contribution in [0.5, 0.6) is 0 Å². The first-order valence-electron chi connectivity index (χ1n) is 9.80. The van der Waals surface area contributed by atoms with Crippen LogP contribution in [0, 0.1) is 0 Å². The van der Waals surface area contributed by atoms with Crippen molar-refractivity contribution in [2.75, 3.05) is 0 Å². The Morgan fingerprint density at radius 2 is 1.23 bits per heavy atom. The minimum Gasteiger partial charge on any atom is -0.378 e. The van der Waals surface area contributed by atoms with E-state index in [9.17, 15) is 9.90 Å². The van der Waals surface area contributed by atoms with E-state index in [1.807, 2.05) is 91.0 Å². The molecule has 1 aromatic heterocycles. The number of carbonyl (C=O) groups is 1. The summed E-state index contributed by atoms with van der Waals surface area (Å²) in [7, 11) is 0. The van der Waals surface area contributed by atoms with Gasteiger partial charge in [0.1, 0.15) is 11.3 Å². The van der Waals surface area contributed by atoms with E-state index in [1.165, 1.54) is 0 Å². The van der Waals surface area contributed by atoms with Crippen LogP contribution >= 0.6 is 0 Å². The van der Waals surface area contributed by atoms with Gasteiger partial charge >= 0.3 is 0 Å². The van der Waals surface area contributed by atoms with E-state index in [2.05, 4.69) is 10.3 Å². The van der Waals surface area contributed by atoms with Crippen LogP contribution in [0.4, 0.5) is 0 Å². The van der Waals surface area contributed by atoms with E-state index >= 15 is 0 Å². The minimum atomic E-state index is -1.49. The molecule has 1 unspecified atom stereocenters. The normalized spacial score (nSPS) is 12.2. The van der Waals surface area contributed by atoms with Gasteiger partial charge in [-0.2, -0.15) is 0 Å². The van der Waals surface area contributed by atoms with Crippen LogP contribution in [-0.2, 0) is 5.60 Å². The Kier molecular flexibility index (Phi) is 5.68. The highest BCUT2D eigenvalue weighted by molar-refractivity contribution is 5.92. The summed E-state index contributed by atoms with van der Waals surface area (Å²) in [6.07, 6.45) is 1.58. The summed E-state index contributed by atoms with van der Waals surface area (Å²) in [5.74, 6) is -0.352. The average Bonchev–Trinajstić information content (AvgIpc) is 2.84. The molecule has 2 N–H and O–H groups in total. The van der Waals surface area contributed by atoms with Gasteiger partial charge in [0.2, 0.25) is 0 Å². The van der Waals surface area contributed by atoms with Gasteiger partial charge in [-0.1, -0.05) is 97.1 Å². The Bertz CT molecular complexity index is 1050. The maximum atomic E-state index is 13.1. The van der Waals surface area contributed by atoms with Crippen molar-refractivity contribution >= 4 is 5.91 Å². The number of rotatable bonds is 6. The van der Waals surface area contributed by atoms with E-state index in [1.54, 1.807) is 24.4 Å². The second-order valence-corrected chi connectivity index (χ2v) is 7.03. The van der Waals surface area contributed by atoms with Gasteiger partial charge < -0.3 is 10.4 Å². The summed E-state index contributed by atoms with van der Waals surface area (Å²) in [5.41, 5.74) is 0.963. The first kappa shape index (κ1) is 19.6. The molecule has 1 amide bonds. The number of carbonyl (C=O) groups excluding carboxylic acids is 1. The van der Waals surface area contributed by atoms with Crippen molar-refractivity contribution in [3.05, 3.63) is 138 Å². The monoisotopic (exact) mass is 394 g/mol. The smallest absolute Gasteiger partial charge is 0.270 e. The standard InChI is InChI=1S/C26H22N2O2/c29-25(23-18-10-11-19-27-23)28-24(20-12-4-1-5-13-20)26(30,21-14-6-2-7-15-21)22-16-8-3-9-17-22/h1-19,24,30H,(H,28,29). The highest BCUT2D eigenvalue weighted by Gasteiger charge is 2.42. The third-order valence-corrected chi connectivity index (χ3v) is 5.15. The minimum absolute atomic E-state index is 0.293. The molecule has 0 aliphatic heterocycles. The molecule has 0 aliphatic carbocycles. The van der Waals surface area contributed by atoms with Gasteiger partial charge in [0, 0.05) is 6.20 Å². The SMILES string of the molecule is O=C(NC(c1ccccc1)C(O)(c1ccccc1)c1ccccc1)c1ccccn1. The molecule has 0 spiro atoms. The first-order valence-corrected chi connectivity index (χ1v) is 9.80. The number of amides is 1. The Labute approximate surface area is 175 Å². The lowest BCUT2D eigenvalue weighted by Gasteiger charge is -2.38. The van der Waals surface area contributed by atoms with Gasteiger partial charge in [-0.15, -0.1) is 0 Å². The number of pyridine rings is 1. The fraction of sp³-hybridized carbons (Fsp3) is 0.0769. The van der Waals surface area contributed by atoms with Crippen molar-refractivity contribution in [2.45, 2.75) is 11.6 Å². The Balaban J connectivity index is 1.87. The second-order valence-electron chi connectivity index (χ2n) is 7.03. The van der Waals surface area contributed by atoms with Crippen molar-refractivity contribution in [3.63, 3.8) is 0 Å². The van der Waals surface area contributed by atoms with E-state index in [4.69, 9.17) is 0 Å². The van der Waals surface area contributed by atoms with Crippen LogP contribution in [0.3, 0.4) is 0 Å². The van der Waals surface area contributed by atoms with E-state index in [0.29, 0.717) is 16.8 Å². The zero-order chi connectivity index (χ0) is 20.8. The maximum absolute atomic E-state index is 13.1. The molecule has 0 saturated heterocycles. The first-order chi connectivity index (χ1) is 14.7. The van der Waals surface area contributed by atoms with E-state index < -0.39 is 11.6 Å². The maximum Gasteiger partial charge on any atom is 0.270 e. The summed E-state index contributed by atoms with van der Waals surface area (Å²) in [6.45, 7) is 0. The van der Waals surface area contributed by atoms with Crippen LogP contribution in [0.1, 0.15) is 33.2 Å². The average molecular weight is 394 g/mol. The van der Waals surface area contributed by atoms with Gasteiger partial charge in [0.05, 0.1) is 6.04 Å². The molecule has 148 valence electrons. The van der Waals surface area contributed by atoms with Crippen molar-refractivity contribution in [3.8, 4) is 0 Å². The lowest BCUT2D eigenvalue weighted by Crippen LogP contribution is -2.45. The molecule has 0 saturated carbocycles. The molecule has 0 bridgehead atoms. The molecule has 0 radical (unpaired) electrons. The molecule has 3 aromatic carbocycles. The van der Waals surface area contributed by atoms with Crippen LogP contribution in [0.2, 0.25) is 0 Å². The molecular weight excluding hydrogens is 372 g/mol. The number of aromatic nitrogens is 1. The number of hydrogen-bond acceptors (Lipinski definition) is 3. The fourth-order valence-corrected chi connectivity index (χ4v) is 3.66. The van der Waals surface area contributed by atoms with Crippen LogP contribution < -0.4 is 5.32 Å². The lowest BCUT2D eigenvalue weighted by molar-refractivity contribution is 0.0336. The summed E-state index contributed by atoms with van der Waals surface area (Å²) in [5, 5.41) is 15.3. The third-order valence-electron chi connectivity index (χ3n) is 5.15. The van der Waals surface area contributed by atoms with Crippen molar-refractivity contribution < 1.29 is 9.90 Å². The van der Waals surface area contributed by atoms with Gasteiger partial charge in [0.25, 0.3) is 5.91 Å². The predicted molar refractivity (Wildman–Crippen MR) is 117 cm³/mol. The summed E-state index contributed by atoms with van der Waals surface area (Å²) < 4.78 is 0. The molecule has 30 heavy (non-hydrogen) atoms. The molecule has 1 heterocycles. The van der Waals surface area contributed by atoms with Crippen molar-refractivity contribution in [2.24, 2.45) is 0 Å². The molecule has 0 fully saturated rings. The topological polar surface area (TPSA) is 62.2 Å². The highest BCUT2D eigenvalue weighted by atomic mass is 16.3. The number of benzene rings is 3. The summed E-state index contributed by atoms with van der Waals surface area (Å²) in [4.78, 5) is 17.2. The molecular formula is C26H22N2O2. The van der Waals surface area contributed by atoms with Crippen molar-refractivity contribution in [1.29, 1.82) is 0 Å². The lowest BCUT2D eigenvalue weighted by atomic mass is 9.77. The number of aliphatic hydroxyl groups is 1.